The van der Waals surface area contributed by atoms with Crippen molar-refractivity contribution in [2.75, 3.05) is 18.4 Å². The molecule has 0 spiro atoms. The van der Waals surface area contributed by atoms with Crippen molar-refractivity contribution in [1.29, 1.82) is 0 Å². The zero-order valence-electron chi connectivity index (χ0n) is 16.2. The molecule has 1 atom stereocenters. The Labute approximate surface area is 169 Å². The maximum Gasteiger partial charge on any atom is 0.289 e. The van der Waals surface area contributed by atoms with E-state index >= 15 is 0 Å². The summed E-state index contributed by atoms with van der Waals surface area (Å²) in [6.45, 7) is 1.41. The molecule has 2 aromatic rings. The largest absolute Gasteiger partial charge is 0.459 e. The number of nitrogens with zero attached hydrogens (tertiary/aromatic N) is 1. The van der Waals surface area contributed by atoms with Crippen LogP contribution in [-0.2, 0) is 16.1 Å². The molecule has 1 saturated carbocycles. The third-order valence-corrected chi connectivity index (χ3v) is 5.42. The molecular weight excluding hydrogens is 370 g/mol. The van der Waals surface area contributed by atoms with Gasteiger partial charge in [-0.1, -0.05) is 12.1 Å². The van der Waals surface area contributed by atoms with E-state index in [9.17, 15) is 14.4 Å². The molecule has 152 valence electrons. The number of piperidine rings is 1. The van der Waals surface area contributed by atoms with Gasteiger partial charge in [0.2, 0.25) is 11.8 Å². The van der Waals surface area contributed by atoms with Crippen LogP contribution in [0.4, 0.5) is 5.69 Å². The van der Waals surface area contributed by atoms with Crippen LogP contribution < -0.4 is 10.6 Å². The second-order valence-corrected chi connectivity index (χ2v) is 7.75. The summed E-state index contributed by atoms with van der Waals surface area (Å²) >= 11 is 0. The second-order valence-electron chi connectivity index (χ2n) is 7.75. The number of hydrogen-bond acceptors (Lipinski definition) is 4. The fourth-order valence-corrected chi connectivity index (χ4v) is 3.61. The zero-order chi connectivity index (χ0) is 20.2. The van der Waals surface area contributed by atoms with Gasteiger partial charge in [0, 0.05) is 31.2 Å². The summed E-state index contributed by atoms with van der Waals surface area (Å²) in [5, 5.41) is 5.89. The fraction of sp³-hybridized carbons (Fsp3) is 0.409. The Morgan fingerprint density at radius 2 is 1.90 bits per heavy atom. The summed E-state index contributed by atoms with van der Waals surface area (Å²) in [6, 6.07) is 10.8. The lowest BCUT2D eigenvalue weighted by Crippen LogP contribution is -2.45. The van der Waals surface area contributed by atoms with E-state index in [4.69, 9.17) is 4.42 Å². The van der Waals surface area contributed by atoms with E-state index in [-0.39, 0.29) is 29.6 Å². The standard InChI is InChI=1S/C22H25N3O4/c26-20(17-5-2-10-25(14-17)22(28)19-7-3-11-29-19)23-13-15-4-1-6-18(12-15)24-21(27)16-8-9-16/h1,3-4,6-7,11-12,16-17H,2,5,8-10,13-14H2,(H,23,26)(H,24,27). The Kier molecular flexibility index (Phi) is 5.64. The zero-order valence-corrected chi connectivity index (χ0v) is 16.2. The van der Waals surface area contributed by atoms with Gasteiger partial charge < -0.3 is 20.0 Å². The highest BCUT2D eigenvalue weighted by Crippen LogP contribution is 2.30. The lowest BCUT2D eigenvalue weighted by atomic mass is 9.96. The predicted octanol–water partition coefficient (Wildman–Crippen LogP) is 2.80. The van der Waals surface area contributed by atoms with E-state index in [1.807, 2.05) is 24.3 Å². The fourth-order valence-electron chi connectivity index (χ4n) is 3.61. The Morgan fingerprint density at radius 1 is 1.03 bits per heavy atom. The molecule has 2 heterocycles. The quantitative estimate of drug-likeness (QED) is 0.787. The molecule has 1 aromatic heterocycles. The number of amides is 3. The van der Waals surface area contributed by atoms with Crippen molar-refractivity contribution in [3.8, 4) is 0 Å². The van der Waals surface area contributed by atoms with Gasteiger partial charge in [-0.2, -0.15) is 0 Å². The van der Waals surface area contributed by atoms with Crippen LogP contribution in [0.3, 0.4) is 0 Å². The van der Waals surface area contributed by atoms with Gasteiger partial charge in [0.25, 0.3) is 5.91 Å². The van der Waals surface area contributed by atoms with Crippen LogP contribution in [0.25, 0.3) is 0 Å². The Bertz CT molecular complexity index is 889. The molecule has 2 aliphatic rings. The molecule has 4 rings (SSSR count). The number of furan rings is 1. The van der Waals surface area contributed by atoms with Gasteiger partial charge in [-0.25, -0.2) is 0 Å². The summed E-state index contributed by atoms with van der Waals surface area (Å²) in [6.07, 6.45) is 4.94. The first-order chi connectivity index (χ1) is 14.1. The van der Waals surface area contributed by atoms with E-state index in [1.54, 1.807) is 17.0 Å². The summed E-state index contributed by atoms with van der Waals surface area (Å²) in [4.78, 5) is 38.7. The second kappa shape index (κ2) is 8.51. The average molecular weight is 395 g/mol. The molecule has 0 bridgehead atoms. The number of rotatable bonds is 6. The van der Waals surface area contributed by atoms with E-state index in [0.29, 0.717) is 25.4 Å². The molecular formula is C22H25N3O4. The van der Waals surface area contributed by atoms with E-state index in [1.165, 1.54) is 6.26 Å². The van der Waals surface area contributed by atoms with Gasteiger partial charge in [0.05, 0.1) is 12.2 Å². The average Bonchev–Trinajstić information content (AvgIpc) is 3.46. The van der Waals surface area contributed by atoms with Gasteiger partial charge in [-0.3, -0.25) is 14.4 Å². The molecule has 1 aromatic carbocycles. The highest BCUT2D eigenvalue weighted by atomic mass is 16.3. The number of carbonyl (C=O) groups is 3. The van der Waals surface area contributed by atoms with Crippen molar-refractivity contribution >= 4 is 23.4 Å². The highest BCUT2D eigenvalue weighted by molar-refractivity contribution is 5.94. The lowest BCUT2D eigenvalue weighted by Gasteiger charge is -2.31. The van der Waals surface area contributed by atoms with Crippen LogP contribution in [0.1, 0.15) is 41.8 Å². The first-order valence-electron chi connectivity index (χ1n) is 10.1. The third-order valence-electron chi connectivity index (χ3n) is 5.42. The van der Waals surface area contributed by atoms with E-state index < -0.39 is 0 Å². The molecule has 7 nitrogen and oxygen atoms in total. The Hall–Kier alpha value is -3.09. The van der Waals surface area contributed by atoms with Crippen molar-refractivity contribution in [3.05, 3.63) is 54.0 Å². The Balaban J connectivity index is 1.30. The first-order valence-corrected chi connectivity index (χ1v) is 10.1. The molecule has 3 amide bonds. The van der Waals surface area contributed by atoms with Gasteiger partial charge >= 0.3 is 0 Å². The third kappa shape index (κ3) is 4.85. The number of likely N-dealkylation sites (tertiary alicyclic amines) is 1. The van der Waals surface area contributed by atoms with E-state index in [0.717, 1.165) is 36.9 Å². The molecule has 7 heteroatoms. The maximum absolute atomic E-state index is 12.6. The van der Waals surface area contributed by atoms with Crippen LogP contribution in [0.2, 0.25) is 0 Å². The molecule has 1 aliphatic carbocycles. The minimum atomic E-state index is -0.236. The molecule has 1 saturated heterocycles. The summed E-state index contributed by atoms with van der Waals surface area (Å²) < 4.78 is 5.19. The molecule has 2 fully saturated rings. The van der Waals surface area contributed by atoms with Gasteiger partial charge in [-0.15, -0.1) is 0 Å². The van der Waals surface area contributed by atoms with Crippen molar-refractivity contribution in [3.63, 3.8) is 0 Å². The predicted molar refractivity (Wildman–Crippen MR) is 107 cm³/mol. The minimum Gasteiger partial charge on any atom is -0.459 e. The van der Waals surface area contributed by atoms with Crippen LogP contribution >= 0.6 is 0 Å². The topological polar surface area (TPSA) is 91.7 Å². The van der Waals surface area contributed by atoms with Crippen molar-refractivity contribution in [2.45, 2.75) is 32.2 Å². The maximum atomic E-state index is 12.6. The monoisotopic (exact) mass is 395 g/mol. The summed E-state index contributed by atoms with van der Waals surface area (Å²) in [5.41, 5.74) is 1.67. The molecule has 29 heavy (non-hydrogen) atoms. The number of carbonyl (C=O) groups excluding carboxylic acids is 3. The van der Waals surface area contributed by atoms with Gasteiger partial charge in [0.15, 0.2) is 5.76 Å². The number of benzene rings is 1. The normalized spacial score (nSPS) is 18.9. The lowest BCUT2D eigenvalue weighted by molar-refractivity contribution is -0.126. The van der Waals surface area contributed by atoms with Crippen LogP contribution in [0.15, 0.2) is 47.1 Å². The highest BCUT2D eigenvalue weighted by Gasteiger charge is 2.30. The molecule has 2 N–H and O–H groups in total. The van der Waals surface area contributed by atoms with Gasteiger partial charge in [0.1, 0.15) is 0 Å². The molecule has 1 unspecified atom stereocenters. The van der Waals surface area contributed by atoms with Gasteiger partial charge in [-0.05, 0) is 55.5 Å². The number of anilines is 1. The van der Waals surface area contributed by atoms with Crippen LogP contribution in [0, 0.1) is 11.8 Å². The summed E-state index contributed by atoms with van der Waals surface area (Å²) in [7, 11) is 0. The number of hydrogen-bond donors (Lipinski definition) is 2. The van der Waals surface area contributed by atoms with Crippen LogP contribution in [0.5, 0.6) is 0 Å². The van der Waals surface area contributed by atoms with E-state index in [2.05, 4.69) is 10.6 Å². The number of nitrogens with one attached hydrogen (secondary N) is 2. The van der Waals surface area contributed by atoms with Crippen molar-refractivity contribution in [2.24, 2.45) is 11.8 Å². The smallest absolute Gasteiger partial charge is 0.289 e. The van der Waals surface area contributed by atoms with Crippen molar-refractivity contribution < 1.29 is 18.8 Å². The molecule has 0 radical (unpaired) electrons. The first kappa shape index (κ1) is 19.2. The Morgan fingerprint density at radius 3 is 2.66 bits per heavy atom. The summed E-state index contributed by atoms with van der Waals surface area (Å²) in [5.74, 6) is 0.0451. The SMILES string of the molecule is O=C(NCc1cccc(NC(=O)C2CC2)c1)C1CCCN(C(=O)c2ccco2)C1. The van der Waals surface area contributed by atoms with Crippen LogP contribution in [-0.4, -0.2) is 35.7 Å². The minimum absolute atomic E-state index is 0.0608. The molecule has 1 aliphatic heterocycles. The van der Waals surface area contributed by atoms with Crippen molar-refractivity contribution in [1.82, 2.24) is 10.2 Å².